The molecule has 3 aliphatic rings. The number of hydrogen-bond donors (Lipinski definition) is 21. The number of aliphatic hydroxyl groups excluding tert-OH is 1. The highest BCUT2D eigenvalue weighted by molar-refractivity contribution is 7.99. The molecule has 38 nitrogen and oxygen atoms in total. The van der Waals surface area contributed by atoms with E-state index in [4.69, 9.17) is 16.9 Å². The number of fused-ring (bicyclic) bond motifs is 6. The molecule has 0 saturated carbocycles. The number of primary amides is 1. The number of benzene rings is 3. The number of phenols is 1. The predicted molar refractivity (Wildman–Crippen MR) is 432 cm³/mol. The van der Waals surface area contributed by atoms with E-state index in [2.05, 4.69) is 79.1 Å². The number of carbonyl (C=O) groups is 15. The highest BCUT2D eigenvalue weighted by atomic mass is 32.2. The first kappa shape index (κ1) is 93.1. The average Bonchev–Trinajstić information content (AvgIpc) is 1.73. The first-order valence-corrected chi connectivity index (χ1v) is 41.6. The number of thioether (sulfide) groups is 3. The number of rotatable bonds is 20. The van der Waals surface area contributed by atoms with Crippen molar-refractivity contribution in [2.75, 3.05) is 43.5 Å². The number of aromatic nitrogens is 2. The summed E-state index contributed by atoms with van der Waals surface area (Å²) in [6, 6.07) is 0.320. The molecule has 636 valence electrons. The highest BCUT2D eigenvalue weighted by Gasteiger charge is 2.42. The molecule has 4 heterocycles. The van der Waals surface area contributed by atoms with Crippen LogP contribution in [0.15, 0.2) is 85.3 Å². The van der Waals surface area contributed by atoms with Crippen molar-refractivity contribution in [3.63, 3.8) is 0 Å². The molecule has 4 aromatic rings. The summed E-state index contributed by atoms with van der Waals surface area (Å²) in [7, 11) is 0. The minimum Gasteiger partial charge on any atom is -0.508 e. The van der Waals surface area contributed by atoms with Gasteiger partial charge < -0.3 is 111 Å². The normalized spacial score (nSPS) is 24.9. The summed E-state index contributed by atoms with van der Waals surface area (Å²) in [6.45, 7) is 4.93. The van der Waals surface area contributed by atoms with E-state index < -0.39 is 199 Å². The quantitative estimate of drug-likeness (QED) is 0.0238. The van der Waals surface area contributed by atoms with Crippen LogP contribution in [0.1, 0.15) is 113 Å². The van der Waals surface area contributed by atoms with Crippen molar-refractivity contribution in [1.82, 2.24) is 84.0 Å². The fourth-order valence-electron chi connectivity index (χ4n) is 13.1. The van der Waals surface area contributed by atoms with Crippen LogP contribution in [0.2, 0.25) is 0 Å². The number of carboxylic acid groups (broad SMARTS) is 2. The molecule has 1 fully saturated rings. The summed E-state index contributed by atoms with van der Waals surface area (Å²) in [4.78, 5) is 221. The molecule has 7 rings (SSSR count). The van der Waals surface area contributed by atoms with E-state index >= 15 is 19.2 Å². The minimum atomic E-state index is -1.94. The number of aliphatic hydroxyl groups is 1. The fourth-order valence-corrected chi connectivity index (χ4v) is 16.0. The third-order valence-corrected chi connectivity index (χ3v) is 22.2. The third-order valence-electron chi connectivity index (χ3n) is 18.9. The Balaban J connectivity index is 1.34. The predicted octanol–water partition coefficient (Wildman–Crippen LogP) is -2.98. The maximum atomic E-state index is 15.3. The van der Waals surface area contributed by atoms with Gasteiger partial charge in [-0.25, -0.2) is 9.78 Å². The number of amides is 13. The van der Waals surface area contributed by atoms with Gasteiger partial charge >= 0.3 is 11.9 Å². The van der Waals surface area contributed by atoms with Crippen molar-refractivity contribution < 1.29 is 92.3 Å². The summed E-state index contributed by atoms with van der Waals surface area (Å²) in [5.41, 5.74) is 14.3. The number of nitrogens with two attached hydrogens (primary N) is 2. The van der Waals surface area contributed by atoms with Gasteiger partial charge in [0.15, 0.2) is 5.96 Å². The Labute approximate surface area is 687 Å². The lowest BCUT2D eigenvalue weighted by atomic mass is 10.0. The summed E-state index contributed by atoms with van der Waals surface area (Å²) in [5, 5.41) is 84.2. The van der Waals surface area contributed by atoms with E-state index in [1.807, 2.05) is 0 Å². The largest absolute Gasteiger partial charge is 0.508 e. The van der Waals surface area contributed by atoms with Gasteiger partial charge in [-0.1, -0.05) is 74.5 Å². The first-order valence-electron chi connectivity index (χ1n) is 38.1. The van der Waals surface area contributed by atoms with Gasteiger partial charge in [-0.3, -0.25) is 72.5 Å². The Morgan fingerprint density at radius 2 is 1.16 bits per heavy atom. The Morgan fingerprint density at radius 3 is 1.77 bits per heavy atom. The molecule has 3 aliphatic heterocycles. The average molecular weight is 1680 g/mol. The second-order valence-corrected chi connectivity index (χ2v) is 32.2. The van der Waals surface area contributed by atoms with Crippen LogP contribution >= 0.6 is 35.3 Å². The number of phenolic OH excluding ortho intramolecular Hbond substituents is 1. The number of aliphatic carboxylic acids is 2. The van der Waals surface area contributed by atoms with E-state index in [1.54, 1.807) is 69.3 Å². The molecule has 4 bridgehead atoms. The summed E-state index contributed by atoms with van der Waals surface area (Å²) >= 11 is 3.41. The number of imidazole rings is 1. The van der Waals surface area contributed by atoms with Crippen LogP contribution in [0, 0.1) is 11.3 Å². The van der Waals surface area contributed by atoms with Crippen LogP contribution in [-0.4, -0.2) is 252 Å². The van der Waals surface area contributed by atoms with Crippen LogP contribution in [0.4, 0.5) is 0 Å². The molecule has 0 unspecified atom stereocenters. The molecule has 0 aliphatic carbocycles. The van der Waals surface area contributed by atoms with Gasteiger partial charge in [0, 0.05) is 105 Å². The van der Waals surface area contributed by atoms with E-state index in [-0.39, 0.29) is 117 Å². The Hall–Kier alpha value is -11.0. The van der Waals surface area contributed by atoms with Gasteiger partial charge in [-0.2, -0.15) is 35.3 Å². The molecule has 3 aromatic carbocycles. The third kappa shape index (κ3) is 31.2. The second kappa shape index (κ2) is 46.6. The lowest BCUT2D eigenvalue weighted by Gasteiger charge is -2.31. The molecule has 41 heteroatoms. The molecule has 13 atom stereocenters. The SMILES string of the molecule is CC(=O)N[C@H]1CSCc2cc3cc(c2)CSC[C@H](NC(=O)[C@H](CCCNC(=N)N)NC(=O)[C@H](Cc2ccc(O)cc2)NC(=O)[C@@H]2CCCN2C(=O)[C@H](Cc2ccccc2)NC(=O)[C@H](CO)NC1=O)C(=O)N[C@@H](C)CN[C@@H](Cc1cnc[nH]1)C(=O)N[C@@H](CCC(N)=O)C(=O)N[C@@H](CC(=O)O)C(=O)N[C@@H](CC(C)C)C(=O)N[C@H](C(=O)O)CSC3. The van der Waals surface area contributed by atoms with Gasteiger partial charge in [-0.05, 0) is 91.3 Å². The number of aromatic amines is 1. The van der Waals surface area contributed by atoms with Gasteiger partial charge in [0.25, 0.3) is 0 Å². The molecule has 0 radical (unpaired) electrons. The summed E-state index contributed by atoms with van der Waals surface area (Å²) in [6.07, 6.45) is 0.231. The smallest absolute Gasteiger partial charge is 0.327 e. The number of H-pyrrole nitrogens is 1. The van der Waals surface area contributed by atoms with Crippen LogP contribution in [0.3, 0.4) is 0 Å². The Kier molecular flexibility index (Phi) is 37.1. The number of hydrogen-bond acceptors (Lipinski definition) is 23. The van der Waals surface area contributed by atoms with E-state index in [1.165, 1.54) is 60.4 Å². The topological polar surface area (TPSA) is 601 Å². The standard InChI is InChI=1S/C76H105N19O19S3/c1-40(2)22-53-67(105)94-60(75(113)114)38-117-35-47-24-45-23-46(25-47)34-116-37-59(71(109)84-41(3)30-82-52(28-48-31-80-39-83-48)66(104)87-51(18-19-62(77)99)65(103)89-55(29-63(100)101)69(107)88-53)93-64(102)50(12-8-20-81-76(78)79)86-68(106)54(26-44-14-16-49(98)17-15-44)90-73(111)61-13-9-21-95(61)74(112)56(27-43-10-6-5-7-11-43)91-70(108)57(32-96)92-72(110)58(36-115-33-45)85-42(4)97/h5-7,10-11,14-17,23-25,31,39-41,50-61,82,96,98H,8-9,12-13,18-22,26-30,32-38H2,1-4H3,(H2,77,99)(H,80,83)(H,84,109)(H,85,97)(H,86,106)(H,87,104)(H,88,107)(H,89,103)(H,90,111)(H,91,108)(H,92,110)(H,93,102)(H,94,105)(H,100,101)(H,113,114)(H4,78,79,81)/t41-,50-,51-,52-,53-,54-,55-,56-,57-,58-,59-,60-,61-/m0/s1. The number of guanidine groups is 1. The number of aromatic hydroxyl groups is 1. The summed E-state index contributed by atoms with van der Waals surface area (Å²) in [5.74, 6) is -16.2. The maximum absolute atomic E-state index is 15.3. The molecular formula is C76H105N19O19S3. The first-order chi connectivity index (χ1) is 55.7. The zero-order valence-corrected chi connectivity index (χ0v) is 67.7. The van der Waals surface area contributed by atoms with Crippen molar-refractivity contribution in [1.29, 1.82) is 5.41 Å². The van der Waals surface area contributed by atoms with Gasteiger partial charge in [0.05, 0.1) is 25.4 Å². The fraction of sp³-hybridized carbons (Fsp3) is 0.513. The van der Waals surface area contributed by atoms with Crippen LogP contribution in [-0.2, 0) is 108 Å². The van der Waals surface area contributed by atoms with Crippen molar-refractivity contribution in [3.05, 3.63) is 119 Å². The van der Waals surface area contributed by atoms with Crippen LogP contribution < -0.4 is 80.6 Å². The molecule has 1 aromatic heterocycles. The molecule has 23 N–H and O–H groups in total. The van der Waals surface area contributed by atoms with Gasteiger partial charge in [-0.15, -0.1) is 0 Å². The Morgan fingerprint density at radius 1 is 0.615 bits per heavy atom. The van der Waals surface area contributed by atoms with Crippen LogP contribution in [0.5, 0.6) is 5.75 Å². The monoisotopic (exact) mass is 1680 g/mol. The number of carbonyl (C=O) groups excluding carboxylic acids is 13. The molecule has 13 amide bonds. The zero-order valence-electron chi connectivity index (χ0n) is 65.2. The molecular weight excluding hydrogens is 1580 g/mol. The van der Waals surface area contributed by atoms with Gasteiger partial charge in [0.2, 0.25) is 76.8 Å². The maximum Gasteiger partial charge on any atom is 0.327 e. The van der Waals surface area contributed by atoms with Crippen molar-refractivity contribution in [2.45, 2.75) is 194 Å². The summed E-state index contributed by atoms with van der Waals surface area (Å²) < 4.78 is 0. The molecule has 1 saturated heterocycles. The number of nitrogens with zero attached hydrogens (tertiary/aromatic N) is 2. The zero-order chi connectivity index (χ0) is 85.4. The molecule has 0 spiro atoms. The lowest BCUT2D eigenvalue weighted by molar-refractivity contribution is -0.143. The van der Waals surface area contributed by atoms with Crippen LogP contribution in [0.25, 0.3) is 0 Å². The number of carboxylic acids is 2. The van der Waals surface area contributed by atoms with Crippen molar-refractivity contribution in [3.8, 4) is 5.75 Å². The number of nitrogens with one attached hydrogen (secondary N) is 15. The second-order valence-electron chi connectivity index (χ2n) is 29.1. The van der Waals surface area contributed by atoms with E-state index in [0.717, 1.165) is 23.5 Å². The Bertz CT molecular complexity index is 4150. The van der Waals surface area contributed by atoms with Crippen molar-refractivity contribution >= 4 is 130 Å². The highest BCUT2D eigenvalue weighted by Crippen LogP contribution is 2.26. The minimum absolute atomic E-state index is 0.00410. The van der Waals surface area contributed by atoms with E-state index in [9.17, 15) is 73.2 Å². The molecule has 117 heavy (non-hydrogen) atoms. The van der Waals surface area contributed by atoms with Crippen molar-refractivity contribution in [2.24, 2.45) is 17.4 Å². The lowest BCUT2D eigenvalue weighted by Crippen LogP contribution is -2.61. The van der Waals surface area contributed by atoms with E-state index in [0.29, 0.717) is 33.5 Å². The van der Waals surface area contributed by atoms with Gasteiger partial charge in [0.1, 0.15) is 72.2 Å².